The number of rotatable bonds is 2. The van der Waals surface area contributed by atoms with Gasteiger partial charge in [-0.25, -0.2) is 0 Å². The van der Waals surface area contributed by atoms with Gasteiger partial charge in [0.2, 0.25) is 0 Å². The molecule has 0 heterocycles. The van der Waals surface area contributed by atoms with Gasteiger partial charge in [-0.15, -0.1) is 0 Å². The summed E-state index contributed by atoms with van der Waals surface area (Å²) < 4.78 is 0. The maximum absolute atomic E-state index is 6.00. The molecule has 1 aliphatic rings. The Morgan fingerprint density at radius 2 is 1.71 bits per heavy atom. The zero-order valence-electron chi connectivity index (χ0n) is 10.2. The number of anilines is 1. The first kappa shape index (κ1) is 13.0. The lowest BCUT2D eigenvalue weighted by Gasteiger charge is -2.18. The molecule has 17 heavy (non-hydrogen) atoms. The highest BCUT2D eigenvalue weighted by Gasteiger charge is 2.16. The molecule has 1 N–H and O–H groups in total. The van der Waals surface area contributed by atoms with Gasteiger partial charge in [0.05, 0.1) is 0 Å². The van der Waals surface area contributed by atoms with Crippen LogP contribution in [-0.2, 0) is 0 Å². The molecule has 1 aliphatic carbocycles. The van der Waals surface area contributed by atoms with E-state index in [2.05, 4.69) is 12.2 Å². The van der Waals surface area contributed by atoms with Gasteiger partial charge in [0.25, 0.3) is 0 Å². The highest BCUT2D eigenvalue weighted by molar-refractivity contribution is 6.35. The van der Waals surface area contributed by atoms with Crippen LogP contribution in [0.2, 0.25) is 10.0 Å². The SMILES string of the molecule is CC1CCCC(Nc2cc(Cl)cc(Cl)c2)CC1. The lowest BCUT2D eigenvalue weighted by Crippen LogP contribution is -2.18. The van der Waals surface area contributed by atoms with Crippen LogP contribution in [0.25, 0.3) is 0 Å². The Hall–Kier alpha value is -0.400. The van der Waals surface area contributed by atoms with Crippen LogP contribution in [0.15, 0.2) is 18.2 Å². The van der Waals surface area contributed by atoms with Crippen LogP contribution in [0.3, 0.4) is 0 Å². The number of benzene rings is 1. The van der Waals surface area contributed by atoms with Gasteiger partial charge in [-0.2, -0.15) is 0 Å². The molecule has 3 heteroatoms. The molecule has 1 nitrogen and oxygen atoms in total. The third-order valence-corrected chi connectivity index (χ3v) is 3.93. The van der Waals surface area contributed by atoms with Crippen LogP contribution in [-0.4, -0.2) is 6.04 Å². The van der Waals surface area contributed by atoms with Crippen molar-refractivity contribution in [2.45, 2.75) is 45.1 Å². The van der Waals surface area contributed by atoms with Crippen molar-refractivity contribution in [3.8, 4) is 0 Å². The van der Waals surface area contributed by atoms with E-state index in [0.717, 1.165) is 11.6 Å². The third kappa shape index (κ3) is 4.08. The van der Waals surface area contributed by atoms with Gasteiger partial charge in [0.1, 0.15) is 0 Å². The molecular formula is C14H19Cl2N. The lowest BCUT2D eigenvalue weighted by molar-refractivity contribution is 0.502. The van der Waals surface area contributed by atoms with Crippen molar-refractivity contribution < 1.29 is 0 Å². The minimum absolute atomic E-state index is 0.564. The van der Waals surface area contributed by atoms with Gasteiger partial charge in [-0.3, -0.25) is 0 Å². The van der Waals surface area contributed by atoms with Crippen molar-refractivity contribution in [3.63, 3.8) is 0 Å². The summed E-state index contributed by atoms with van der Waals surface area (Å²) in [4.78, 5) is 0. The molecule has 0 radical (unpaired) electrons. The summed E-state index contributed by atoms with van der Waals surface area (Å²) in [5.41, 5.74) is 1.04. The Bertz CT molecular complexity index is 358. The summed E-state index contributed by atoms with van der Waals surface area (Å²) in [5.74, 6) is 0.866. The Morgan fingerprint density at radius 1 is 1.00 bits per heavy atom. The second-order valence-electron chi connectivity index (χ2n) is 5.11. The normalized spacial score (nSPS) is 25.4. The fourth-order valence-electron chi connectivity index (χ4n) is 2.50. The highest BCUT2D eigenvalue weighted by atomic mass is 35.5. The van der Waals surface area contributed by atoms with Crippen LogP contribution in [0.4, 0.5) is 5.69 Å². The summed E-state index contributed by atoms with van der Waals surface area (Å²) in [7, 11) is 0. The van der Waals surface area contributed by atoms with Crippen LogP contribution in [0.1, 0.15) is 39.0 Å². The van der Waals surface area contributed by atoms with Crippen LogP contribution in [0, 0.1) is 5.92 Å². The fraction of sp³-hybridized carbons (Fsp3) is 0.571. The smallest absolute Gasteiger partial charge is 0.0441 e. The zero-order chi connectivity index (χ0) is 12.3. The van der Waals surface area contributed by atoms with Gasteiger partial charge in [-0.05, 0) is 43.4 Å². The molecule has 2 atom stereocenters. The van der Waals surface area contributed by atoms with Crippen molar-refractivity contribution in [3.05, 3.63) is 28.2 Å². The summed E-state index contributed by atoms with van der Waals surface area (Å²) in [6.45, 7) is 2.35. The molecular weight excluding hydrogens is 253 g/mol. The summed E-state index contributed by atoms with van der Waals surface area (Å²) >= 11 is 12.0. The minimum atomic E-state index is 0.564. The second kappa shape index (κ2) is 5.97. The Labute approximate surface area is 114 Å². The number of halogens is 2. The van der Waals surface area contributed by atoms with E-state index in [4.69, 9.17) is 23.2 Å². The first-order valence-electron chi connectivity index (χ1n) is 6.36. The topological polar surface area (TPSA) is 12.0 Å². The van der Waals surface area contributed by atoms with Crippen LogP contribution >= 0.6 is 23.2 Å². The Kier molecular flexibility index (Phi) is 4.58. The van der Waals surface area contributed by atoms with E-state index in [0.29, 0.717) is 16.1 Å². The van der Waals surface area contributed by atoms with Gasteiger partial charge < -0.3 is 5.32 Å². The van der Waals surface area contributed by atoms with Crippen LogP contribution < -0.4 is 5.32 Å². The molecule has 2 unspecified atom stereocenters. The standard InChI is InChI=1S/C14H19Cl2N/c1-10-3-2-4-13(6-5-10)17-14-8-11(15)7-12(16)9-14/h7-10,13,17H,2-6H2,1H3. The first-order valence-corrected chi connectivity index (χ1v) is 7.11. The van der Waals surface area contributed by atoms with Gasteiger partial charge >= 0.3 is 0 Å². The molecule has 94 valence electrons. The Balaban J connectivity index is 1.99. The maximum Gasteiger partial charge on any atom is 0.0441 e. The second-order valence-corrected chi connectivity index (χ2v) is 5.99. The molecule has 0 aromatic heterocycles. The molecule has 0 bridgehead atoms. The lowest BCUT2D eigenvalue weighted by atomic mass is 10.0. The Morgan fingerprint density at radius 3 is 2.41 bits per heavy atom. The molecule has 0 spiro atoms. The number of hydrogen-bond donors (Lipinski definition) is 1. The largest absolute Gasteiger partial charge is 0.382 e. The van der Waals surface area contributed by atoms with Gasteiger partial charge in [0, 0.05) is 21.8 Å². The summed E-state index contributed by atoms with van der Waals surface area (Å²) in [6.07, 6.45) is 6.47. The van der Waals surface area contributed by atoms with Gasteiger partial charge in [0.15, 0.2) is 0 Å². The predicted molar refractivity (Wildman–Crippen MR) is 76.1 cm³/mol. The molecule has 0 amide bonds. The third-order valence-electron chi connectivity index (χ3n) is 3.49. The van der Waals surface area contributed by atoms with Crippen molar-refractivity contribution in [2.75, 3.05) is 5.32 Å². The molecule has 1 aromatic rings. The summed E-state index contributed by atoms with van der Waals surface area (Å²) in [6, 6.07) is 6.22. The molecule has 1 aromatic carbocycles. The molecule has 1 saturated carbocycles. The highest BCUT2D eigenvalue weighted by Crippen LogP contribution is 2.27. The fourth-order valence-corrected chi connectivity index (χ4v) is 3.03. The average molecular weight is 272 g/mol. The van der Waals surface area contributed by atoms with E-state index in [-0.39, 0.29) is 0 Å². The average Bonchev–Trinajstić information content (AvgIpc) is 2.42. The van der Waals surface area contributed by atoms with Crippen molar-refractivity contribution in [1.82, 2.24) is 0 Å². The molecule has 2 rings (SSSR count). The van der Waals surface area contributed by atoms with E-state index >= 15 is 0 Å². The van der Waals surface area contributed by atoms with Crippen molar-refractivity contribution >= 4 is 28.9 Å². The van der Waals surface area contributed by atoms with E-state index in [1.807, 2.05) is 12.1 Å². The molecule has 1 fully saturated rings. The van der Waals surface area contributed by atoms with E-state index in [1.165, 1.54) is 32.1 Å². The van der Waals surface area contributed by atoms with Crippen molar-refractivity contribution in [2.24, 2.45) is 5.92 Å². The van der Waals surface area contributed by atoms with E-state index < -0.39 is 0 Å². The number of hydrogen-bond acceptors (Lipinski definition) is 1. The van der Waals surface area contributed by atoms with E-state index in [9.17, 15) is 0 Å². The van der Waals surface area contributed by atoms with Gasteiger partial charge in [-0.1, -0.05) is 43.0 Å². The van der Waals surface area contributed by atoms with Crippen molar-refractivity contribution in [1.29, 1.82) is 0 Å². The monoisotopic (exact) mass is 271 g/mol. The quantitative estimate of drug-likeness (QED) is 0.713. The zero-order valence-corrected chi connectivity index (χ0v) is 11.7. The molecule has 0 saturated heterocycles. The van der Waals surface area contributed by atoms with E-state index in [1.54, 1.807) is 6.07 Å². The maximum atomic E-state index is 6.00. The predicted octanol–water partition coefficient (Wildman–Crippen LogP) is 5.37. The number of nitrogens with one attached hydrogen (secondary N) is 1. The summed E-state index contributed by atoms with van der Waals surface area (Å²) in [5, 5.41) is 4.95. The first-order chi connectivity index (χ1) is 8.13. The van der Waals surface area contributed by atoms with Crippen LogP contribution in [0.5, 0.6) is 0 Å². The minimum Gasteiger partial charge on any atom is -0.382 e. The molecule has 0 aliphatic heterocycles.